The summed E-state index contributed by atoms with van der Waals surface area (Å²) in [5.74, 6) is 2.80. The van der Waals surface area contributed by atoms with E-state index in [1.807, 2.05) is 0 Å². The van der Waals surface area contributed by atoms with Crippen LogP contribution in [0.15, 0.2) is 0 Å². The second-order valence-corrected chi connectivity index (χ2v) is 7.45. The Kier molecular flexibility index (Phi) is 6.15. The lowest BCUT2D eigenvalue weighted by Gasteiger charge is -2.37. The Labute approximate surface area is 120 Å². The second-order valence-electron chi connectivity index (χ2n) is 7.45. The highest BCUT2D eigenvalue weighted by molar-refractivity contribution is 4.77. The number of piperidine rings is 2. The third-order valence-electron chi connectivity index (χ3n) is 5.12. The zero-order chi connectivity index (χ0) is 13.7. The van der Waals surface area contributed by atoms with E-state index >= 15 is 0 Å². The second kappa shape index (κ2) is 7.64. The number of rotatable bonds is 5. The van der Waals surface area contributed by atoms with E-state index in [0.29, 0.717) is 0 Å². The van der Waals surface area contributed by atoms with Crippen LogP contribution in [-0.4, -0.2) is 49.1 Å². The Morgan fingerprint density at radius 3 is 2.05 bits per heavy atom. The summed E-state index contributed by atoms with van der Waals surface area (Å²) in [6.45, 7) is 15.2. The zero-order valence-electron chi connectivity index (χ0n) is 13.4. The highest BCUT2D eigenvalue weighted by Gasteiger charge is 2.23. The summed E-state index contributed by atoms with van der Waals surface area (Å²) in [6.07, 6.45) is 7.09. The quantitative estimate of drug-likeness (QED) is 0.752. The van der Waals surface area contributed by atoms with Crippen LogP contribution in [0.4, 0.5) is 0 Å². The summed E-state index contributed by atoms with van der Waals surface area (Å²) < 4.78 is 0. The minimum Gasteiger partial charge on any atom is -0.303 e. The van der Waals surface area contributed by atoms with E-state index in [2.05, 4.69) is 30.6 Å². The first-order valence-corrected chi connectivity index (χ1v) is 8.58. The molecule has 0 aliphatic carbocycles. The van der Waals surface area contributed by atoms with E-state index in [9.17, 15) is 0 Å². The smallest absolute Gasteiger partial charge is 0.00106 e. The number of nitrogens with zero attached hydrogens (tertiary/aromatic N) is 2. The molecule has 112 valence electrons. The van der Waals surface area contributed by atoms with Gasteiger partial charge in [-0.05, 0) is 82.6 Å². The highest BCUT2D eigenvalue weighted by Crippen LogP contribution is 2.22. The molecule has 2 aliphatic heterocycles. The molecule has 2 nitrogen and oxygen atoms in total. The van der Waals surface area contributed by atoms with Gasteiger partial charge in [-0.1, -0.05) is 20.8 Å². The van der Waals surface area contributed by atoms with Crippen molar-refractivity contribution >= 4 is 0 Å². The van der Waals surface area contributed by atoms with E-state index in [1.54, 1.807) is 0 Å². The Hall–Kier alpha value is -0.0800. The van der Waals surface area contributed by atoms with Crippen molar-refractivity contribution in [2.45, 2.75) is 52.9 Å². The van der Waals surface area contributed by atoms with Gasteiger partial charge in [0, 0.05) is 6.54 Å². The van der Waals surface area contributed by atoms with Gasteiger partial charge in [0.25, 0.3) is 0 Å². The molecule has 0 N–H and O–H groups in total. The first-order chi connectivity index (χ1) is 9.13. The third-order valence-corrected chi connectivity index (χ3v) is 5.12. The van der Waals surface area contributed by atoms with Crippen LogP contribution in [-0.2, 0) is 0 Å². The lowest BCUT2D eigenvalue weighted by molar-refractivity contribution is 0.118. The van der Waals surface area contributed by atoms with Crippen LogP contribution in [0.2, 0.25) is 0 Å². The first-order valence-electron chi connectivity index (χ1n) is 8.58. The number of hydrogen-bond acceptors (Lipinski definition) is 2. The summed E-state index contributed by atoms with van der Waals surface area (Å²) in [7, 11) is 0. The molecule has 0 aromatic heterocycles. The normalized spacial score (nSPS) is 25.3. The van der Waals surface area contributed by atoms with Gasteiger partial charge >= 0.3 is 0 Å². The van der Waals surface area contributed by atoms with E-state index in [-0.39, 0.29) is 0 Å². The molecule has 2 fully saturated rings. The van der Waals surface area contributed by atoms with Gasteiger partial charge in [-0.2, -0.15) is 0 Å². The zero-order valence-corrected chi connectivity index (χ0v) is 13.4. The SMILES string of the molecule is CC(C)CCN1CCC(CN2CCC(C)CC2)CC1. The van der Waals surface area contributed by atoms with Crippen molar-refractivity contribution in [3.8, 4) is 0 Å². The molecule has 0 aromatic rings. The van der Waals surface area contributed by atoms with Gasteiger partial charge < -0.3 is 9.80 Å². The predicted molar refractivity (Wildman–Crippen MR) is 83.5 cm³/mol. The molecular formula is C17H34N2. The maximum atomic E-state index is 2.73. The third kappa shape index (κ3) is 5.43. The Balaban J connectivity index is 1.60. The fourth-order valence-electron chi connectivity index (χ4n) is 3.44. The minimum atomic E-state index is 0.855. The molecular weight excluding hydrogens is 232 g/mol. The molecule has 2 saturated heterocycles. The van der Waals surface area contributed by atoms with Gasteiger partial charge in [0.05, 0.1) is 0 Å². The fourth-order valence-corrected chi connectivity index (χ4v) is 3.44. The highest BCUT2D eigenvalue weighted by atomic mass is 15.1. The maximum absolute atomic E-state index is 2.73. The lowest BCUT2D eigenvalue weighted by atomic mass is 9.93. The Morgan fingerprint density at radius 1 is 0.895 bits per heavy atom. The number of likely N-dealkylation sites (tertiary alicyclic amines) is 2. The summed E-state index contributed by atoms with van der Waals surface area (Å²) >= 11 is 0. The van der Waals surface area contributed by atoms with Gasteiger partial charge in [0.1, 0.15) is 0 Å². The van der Waals surface area contributed by atoms with E-state index in [0.717, 1.165) is 17.8 Å². The molecule has 0 atom stereocenters. The lowest BCUT2D eigenvalue weighted by Crippen LogP contribution is -2.41. The summed E-state index contributed by atoms with van der Waals surface area (Å²) in [5.41, 5.74) is 0. The molecule has 0 aromatic carbocycles. The van der Waals surface area contributed by atoms with Crippen molar-refractivity contribution < 1.29 is 0 Å². The van der Waals surface area contributed by atoms with Crippen molar-refractivity contribution in [2.24, 2.45) is 17.8 Å². The van der Waals surface area contributed by atoms with E-state index < -0.39 is 0 Å². The van der Waals surface area contributed by atoms with Gasteiger partial charge in [0.15, 0.2) is 0 Å². The largest absolute Gasteiger partial charge is 0.303 e. The number of hydrogen-bond donors (Lipinski definition) is 0. The average molecular weight is 266 g/mol. The molecule has 2 heterocycles. The topological polar surface area (TPSA) is 6.48 Å². The van der Waals surface area contributed by atoms with Gasteiger partial charge in [0.2, 0.25) is 0 Å². The summed E-state index contributed by atoms with van der Waals surface area (Å²) in [4.78, 5) is 5.42. The molecule has 0 bridgehead atoms. The summed E-state index contributed by atoms with van der Waals surface area (Å²) in [5, 5.41) is 0. The molecule has 2 aliphatic rings. The van der Waals surface area contributed by atoms with Crippen LogP contribution in [0.5, 0.6) is 0 Å². The molecule has 19 heavy (non-hydrogen) atoms. The van der Waals surface area contributed by atoms with Gasteiger partial charge in [-0.15, -0.1) is 0 Å². The van der Waals surface area contributed by atoms with Crippen LogP contribution in [0, 0.1) is 17.8 Å². The molecule has 0 unspecified atom stereocenters. The van der Waals surface area contributed by atoms with Crippen molar-refractivity contribution in [2.75, 3.05) is 39.3 Å². The fraction of sp³-hybridized carbons (Fsp3) is 1.00. The van der Waals surface area contributed by atoms with Gasteiger partial charge in [-0.25, -0.2) is 0 Å². The van der Waals surface area contributed by atoms with Crippen LogP contribution < -0.4 is 0 Å². The van der Waals surface area contributed by atoms with Crippen molar-refractivity contribution in [3.05, 3.63) is 0 Å². The standard InChI is InChI=1S/C17H34N2/c1-15(2)4-9-18-12-7-17(8-13-18)14-19-10-5-16(3)6-11-19/h15-17H,4-14H2,1-3H3. The van der Waals surface area contributed by atoms with Crippen molar-refractivity contribution in [1.82, 2.24) is 9.80 Å². The van der Waals surface area contributed by atoms with Crippen LogP contribution in [0.1, 0.15) is 52.9 Å². The van der Waals surface area contributed by atoms with Crippen molar-refractivity contribution in [1.29, 1.82) is 0 Å². The molecule has 2 heteroatoms. The van der Waals surface area contributed by atoms with Crippen LogP contribution >= 0.6 is 0 Å². The maximum Gasteiger partial charge on any atom is 0.00106 e. The van der Waals surface area contributed by atoms with Crippen LogP contribution in [0.25, 0.3) is 0 Å². The average Bonchev–Trinajstić information content (AvgIpc) is 2.40. The molecule has 0 saturated carbocycles. The van der Waals surface area contributed by atoms with Crippen molar-refractivity contribution in [3.63, 3.8) is 0 Å². The van der Waals surface area contributed by atoms with E-state index in [4.69, 9.17) is 0 Å². The Bertz CT molecular complexity index is 236. The van der Waals surface area contributed by atoms with Gasteiger partial charge in [-0.3, -0.25) is 0 Å². The molecule has 2 rings (SSSR count). The first kappa shape index (κ1) is 15.3. The Morgan fingerprint density at radius 2 is 1.47 bits per heavy atom. The predicted octanol–water partition coefficient (Wildman–Crippen LogP) is 3.48. The minimum absolute atomic E-state index is 0.855. The van der Waals surface area contributed by atoms with E-state index in [1.165, 1.54) is 71.4 Å². The molecule has 0 spiro atoms. The van der Waals surface area contributed by atoms with Crippen LogP contribution in [0.3, 0.4) is 0 Å². The monoisotopic (exact) mass is 266 g/mol. The summed E-state index contributed by atoms with van der Waals surface area (Å²) in [6, 6.07) is 0. The molecule has 0 amide bonds. The molecule has 0 radical (unpaired) electrons.